The van der Waals surface area contributed by atoms with Crippen LogP contribution in [0.4, 0.5) is 0 Å². The zero-order valence-electron chi connectivity index (χ0n) is 10.4. The number of aliphatic hydroxyl groups excluding tert-OH is 1. The Bertz CT molecular complexity index is 167. The first-order valence-corrected chi connectivity index (χ1v) is 6.15. The van der Waals surface area contributed by atoms with E-state index in [1.54, 1.807) is 0 Å². The summed E-state index contributed by atoms with van der Waals surface area (Å²) in [5.41, 5.74) is 0. The Hall–Kier alpha value is -0.120. The minimum Gasteiger partial charge on any atom is -0.393 e. The minimum atomic E-state index is -0.0116. The molecule has 15 heavy (non-hydrogen) atoms. The molecule has 2 N–H and O–H groups in total. The molecular formula is C12H26N2O. The van der Waals surface area contributed by atoms with Gasteiger partial charge in [0.15, 0.2) is 0 Å². The van der Waals surface area contributed by atoms with Gasteiger partial charge in [0.1, 0.15) is 0 Å². The highest BCUT2D eigenvalue weighted by atomic mass is 16.3. The van der Waals surface area contributed by atoms with Gasteiger partial charge in [-0.15, -0.1) is 0 Å². The third-order valence-electron chi connectivity index (χ3n) is 3.00. The lowest BCUT2D eigenvalue weighted by Gasteiger charge is -2.34. The molecule has 0 aromatic heterocycles. The van der Waals surface area contributed by atoms with Crippen LogP contribution in [0.25, 0.3) is 0 Å². The molecule has 0 bridgehead atoms. The fourth-order valence-electron chi connectivity index (χ4n) is 2.04. The number of hydrogen-bond donors (Lipinski definition) is 2. The van der Waals surface area contributed by atoms with Gasteiger partial charge in [0, 0.05) is 19.6 Å². The third-order valence-corrected chi connectivity index (χ3v) is 3.00. The molecule has 3 nitrogen and oxygen atoms in total. The van der Waals surface area contributed by atoms with Crippen molar-refractivity contribution in [3.8, 4) is 0 Å². The van der Waals surface area contributed by atoms with Crippen molar-refractivity contribution < 1.29 is 5.11 Å². The molecule has 0 aromatic carbocycles. The number of aliphatic hydroxyl groups is 1. The molecule has 0 aromatic rings. The van der Waals surface area contributed by atoms with Gasteiger partial charge in [0.2, 0.25) is 0 Å². The summed E-state index contributed by atoms with van der Waals surface area (Å²) in [5, 5.41) is 12.6. The maximum Gasteiger partial charge on any atom is 0.0546 e. The Morgan fingerprint density at radius 1 is 1.40 bits per heavy atom. The van der Waals surface area contributed by atoms with Gasteiger partial charge in [-0.2, -0.15) is 0 Å². The van der Waals surface area contributed by atoms with Crippen molar-refractivity contribution in [1.29, 1.82) is 0 Å². The van der Waals surface area contributed by atoms with Crippen LogP contribution in [0.15, 0.2) is 0 Å². The van der Waals surface area contributed by atoms with Crippen LogP contribution in [-0.2, 0) is 0 Å². The van der Waals surface area contributed by atoms with Gasteiger partial charge in [0.25, 0.3) is 0 Å². The fraction of sp³-hybridized carbons (Fsp3) is 1.00. The van der Waals surface area contributed by atoms with Crippen molar-refractivity contribution in [1.82, 2.24) is 10.2 Å². The Labute approximate surface area is 93.9 Å². The van der Waals surface area contributed by atoms with Crippen LogP contribution < -0.4 is 5.32 Å². The first-order chi connectivity index (χ1) is 7.08. The Morgan fingerprint density at radius 2 is 2.07 bits per heavy atom. The third kappa shape index (κ3) is 5.50. The topological polar surface area (TPSA) is 35.5 Å². The summed E-state index contributed by atoms with van der Waals surface area (Å²) in [6, 6.07) is 0. The molecule has 3 heteroatoms. The molecule has 1 rings (SSSR count). The van der Waals surface area contributed by atoms with E-state index in [1.165, 1.54) is 0 Å². The van der Waals surface area contributed by atoms with Gasteiger partial charge in [-0.25, -0.2) is 0 Å². The average Bonchev–Trinajstić information content (AvgIpc) is 2.10. The molecule has 1 aliphatic rings. The van der Waals surface area contributed by atoms with Crippen molar-refractivity contribution in [3.05, 3.63) is 0 Å². The molecular weight excluding hydrogens is 188 g/mol. The molecule has 0 atom stereocenters. The quantitative estimate of drug-likeness (QED) is 0.619. The van der Waals surface area contributed by atoms with Gasteiger partial charge in [0.05, 0.1) is 6.10 Å². The van der Waals surface area contributed by atoms with Gasteiger partial charge in [-0.1, -0.05) is 13.8 Å². The first kappa shape index (κ1) is 12.9. The SMILES string of the molecule is CC(C)CNCCN(C)CC1CC(O)C1. The lowest BCUT2D eigenvalue weighted by molar-refractivity contribution is 0.0285. The number of nitrogens with zero attached hydrogens (tertiary/aromatic N) is 1. The molecule has 0 aliphatic heterocycles. The van der Waals surface area contributed by atoms with Gasteiger partial charge < -0.3 is 15.3 Å². The van der Waals surface area contributed by atoms with E-state index >= 15 is 0 Å². The lowest BCUT2D eigenvalue weighted by atomic mass is 9.82. The van der Waals surface area contributed by atoms with Crippen LogP contribution in [0, 0.1) is 11.8 Å². The molecule has 0 amide bonds. The molecule has 1 aliphatic carbocycles. The molecule has 1 fully saturated rings. The maximum absolute atomic E-state index is 9.18. The molecule has 1 saturated carbocycles. The van der Waals surface area contributed by atoms with E-state index in [4.69, 9.17) is 0 Å². The summed E-state index contributed by atoms with van der Waals surface area (Å²) in [5.74, 6) is 1.46. The average molecular weight is 214 g/mol. The summed E-state index contributed by atoms with van der Waals surface area (Å²) in [6.45, 7) is 8.89. The van der Waals surface area contributed by atoms with Crippen LogP contribution in [0.2, 0.25) is 0 Å². The van der Waals surface area contributed by atoms with Crippen molar-refractivity contribution in [3.63, 3.8) is 0 Å². The van der Waals surface area contributed by atoms with E-state index in [2.05, 4.69) is 31.1 Å². The molecule has 90 valence electrons. The second kappa shape index (κ2) is 6.46. The highest BCUT2D eigenvalue weighted by molar-refractivity contribution is 4.80. The van der Waals surface area contributed by atoms with Crippen LogP contribution in [0.1, 0.15) is 26.7 Å². The molecule has 0 saturated heterocycles. The molecule has 0 heterocycles. The van der Waals surface area contributed by atoms with Gasteiger partial charge in [-0.3, -0.25) is 0 Å². The lowest BCUT2D eigenvalue weighted by Crippen LogP contribution is -2.39. The van der Waals surface area contributed by atoms with Gasteiger partial charge in [-0.05, 0) is 38.3 Å². The van der Waals surface area contributed by atoms with Gasteiger partial charge >= 0.3 is 0 Å². The van der Waals surface area contributed by atoms with E-state index < -0.39 is 0 Å². The largest absolute Gasteiger partial charge is 0.393 e. The second-order valence-corrected chi connectivity index (χ2v) is 5.35. The number of hydrogen-bond acceptors (Lipinski definition) is 3. The highest BCUT2D eigenvalue weighted by Crippen LogP contribution is 2.27. The molecule has 0 radical (unpaired) electrons. The standard InChI is InChI=1S/C12H26N2O/c1-10(2)8-13-4-5-14(3)9-11-6-12(15)7-11/h10-13,15H,4-9H2,1-3H3. The Balaban J connectivity index is 1.92. The van der Waals surface area contributed by atoms with E-state index in [0.29, 0.717) is 0 Å². The van der Waals surface area contributed by atoms with Crippen molar-refractivity contribution in [2.75, 3.05) is 33.2 Å². The number of likely N-dealkylation sites (N-methyl/N-ethyl adjacent to an activating group) is 1. The normalized spacial score (nSPS) is 26.0. The van der Waals surface area contributed by atoms with Crippen LogP contribution in [-0.4, -0.2) is 49.3 Å². The fourth-order valence-corrected chi connectivity index (χ4v) is 2.04. The van der Waals surface area contributed by atoms with Crippen LogP contribution in [0.5, 0.6) is 0 Å². The van der Waals surface area contributed by atoms with E-state index in [-0.39, 0.29) is 6.10 Å². The summed E-state index contributed by atoms with van der Waals surface area (Å²) < 4.78 is 0. The van der Waals surface area contributed by atoms with Crippen molar-refractivity contribution >= 4 is 0 Å². The molecule has 0 spiro atoms. The maximum atomic E-state index is 9.18. The van der Waals surface area contributed by atoms with Crippen molar-refractivity contribution in [2.45, 2.75) is 32.8 Å². The zero-order chi connectivity index (χ0) is 11.3. The Morgan fingerprint density at radius 3 is 2.60 bits per heavy atom. The first-order valence-electron chi connectivity index (χ1n) is 6.15. The monoisotopic (exact) mass is 214 g/mol. The predicted molar refractivity (Wildman–Crippen MR) is 63.9 cm³/mol. The summed E-state index contributed by atoms with van der Waals surface area (Å²) in [4.78, 5) is 2.36. The second-order valence-electron chi connectivity index (χ2n) is 5.35. The Kier molecular flexibility index (Phi) is 5.58. The smallest absolute Gasteiger partial charge is 0.0546 e. The van der Waals surface area contributed by atoms with E-state index in [0.717, 1.165) is 50.9 Å². The summed E-state index contributed by atoms with van der Waals surface area (Å²) in [7, 11) is 2.17. The van der Waals surface area contributed by atoms with E-state index in [9.17, 15) is 5.11 Å². The zero-order valence-corrected chi connectivity index (χ0v) is 10.4. The van der Waals surface area contributed by atoms with Crippen LogP contribution >= 0.6 is 0 Å². The number of rotatable bonds is 7. The van der Waals surface area contributed by atoms with Crippen LogP contribution in [0.3, 0.4) is 0 Å². The van der Waals surface area contributed by atoms with Crippen molar-refractivity contribution in [2.24, 2.45) is 11.8 Å². The highest BCUT2D eigenvalue weighted by Gasteiger charge is 2.27. The van der Waals surface area contributed by atoms with E-state index in [1.807, 2.05) is 0 Å². The molecule has 0 unspecified atom stereocenters. The summed E-state index contributed by atoms with van der Waals surface area (Å²) in [6.07, 6.45) is 2.00. The predicted octanol–water partition coefficient (Wildman–Crippen LogP) is 0.935. The number of nitrogens with one attached hydrogen (secondary N) is 1. The summed E-state index contributed by atoms with van der Waals surface area (Å²) >= 11 is 0. The minimum absolute atomic E-state index is 0.0116.